The zero-order valence-corrected chi connectivity index (χ0v) is 11.9. The Morgan fingerprint density at radius 3 is 2.10 bits per heavy atom. The summed E-state index contributed by atoms with van der Waals surface area (Å²) >= 11 is 0. The smallest absolute Gasteiger partial charge is 0.194 e. The molecule has 2 aromatic carbocycles. The largest absolute Gasteiger partial charge is 0.485 e. The fraction of sp³-hybridized carbons (Fsp3) is 0.294. The highest BCUT2D eigenvalue weighted by molar-refractivity contribution is 5.35. The Kier molecular flexibility index (Phi) is 4.38. The van der Waals surface area contributed by atoms with E-state index in [-0.39, 0.29) is 12.4 Å². The Labute approximate surface area is 124 Å². The molecule has 1 fully saturated rings. The van der Waals surface area contributed by atoms with Crippen molar-refractivity contribution in [3.05, 3.63) is 54.6 Å². The fourth-order valence-electron chi connectivity index (χ4n) is 2.13. The number of para-hydroxylation sites is 1. The summed E-state index contributed by atoms with van der Waals surface area (Å²) < 4.78 is 22.4. The first-order chi connectivity index (χ1) is 10.3. The molecule has 0 N–H and O–H groups in total. The van der Waals surface area contributed by atoms with Crippen LogP contribution in [0.4, 0.5) is 0 Å². The van der Waals surface area contributed by atoms with E-state index < -0.39 is 0 Å². The van der Waals surface area contributed by atoms with Crippen molar-refractivity contribution < 1.29 is 18.9 Å². The molecule has 0 aliphatic carbocycles. The summed E-state index contributed by atoms with van der Waals surface area (Å²) in [5.74, 6) is 2.35. The molecule has 1 atom stereocenters. The van der Waals surface area contributed by atoms with Gasteiger partial charge < -0.3 is 18.9 Å². The minimum Gasteiger partial charge on any atom is -0.485 e. The van der Waals surface area contributed by atoms with Crippen LogP contribution in [0.15, 0.2) is 54.6 Å². The molecule has 2 aromatic rings. The van der Waals surface area contributed by atoms with Crippen molar-refractivity contribution in [2.24, 2.45) is 0 Å². The first-order valence-corrected chi connectivity index (χ1v) is 7.04. The van der Waals surface area contributed by atoms with Gasteiger partial charge in [-0.05, 0) is 43.3 Å². The molecule has 1 aliphatic rings. The number of hydrogen-bond donors (Lipinski definition) is 0. The highest BCUT2D eigenvalue weighted by Gasteiger charge is 2.24. The summed E-state index contributed by atoms with van der Waals surface area (Å²) in [7, 11) is 0. The van der Waals surface area contributed by atoms with Crippen LogP contribution < -0.4 is 9.47 Å². The van der Waals surface area contributed by atoms with E-state index in [4.69, 9.17) is 18.9 Å². The molecule has 0 amide bonds. The van der Waals surface area contributed by atoms with Crippen LogP contribution in [0.25, 0.3) is 0 Å². The standard InChI is InChI=1S/C17H18O4/c1-13(17-18-11-12-19-17)20-15-7-9-16(10-8-15)21-14-5-3-2-4-6-14/h2-10,13,17H,11-12H2,1H3. The average Bonchev–Trinajstić information content (AvgIpc) is 3.05. The average molecular weight is 286 g/mol. The van der Waals surface area contributed by atoms with Crippen molar-refractivity contribution in [3.8, 4) is 17.2 Å². The van der Waals surface area contributed by atoms with Crippen LogP contribution >= 0.6 is 0 Å². The lowest BCUT2D eigenvalue weighted by molar-refractivity contribution is -0.104. The topological polar surface area (TPSA) is 36.9 Å². The van der Waals surface area contributed by atoms with Crippen molar-refractivity contribution in [2.75, 3.05) is 13.2 Å². The van der Waals surface area contributed by atoms with Crippen LogP contribution in [0.2, 0.25) is 0 Å². The lowest BCUT2D eigenvalue weighted by Crippen LogP contribution is -2.29. The second-order valence-corrected chi connectivity index (χ2v) is 4.82. The molecule has 4 heteroatoms. The molecule has 0 aromatic heterocycles. The molecule has 0 bridgehead atoms. The Hall–Kier alpha value is -2.04. The third-order valence-corrected chi connectivity index (χ3v) is 3.16. The molecule has 0 saturated carbocycles. The van der Waals surface area contributed by atoms with Crippen molar-refractivity contribution in [1.29, 1.82) is 0 Å². The van der Waals surface area contributed by atoms with Gasteiger partial charge in [0.15, 0.2) is 6.29 Å². The molecule has 4 nitrogen and oxygen atoms in total. The van der Waals surface area contributed by atoms with E-state index in [1.807, 2.05) is 61.5 Å². The van der Waals surface area contributed by atoms with Crippen molar-refractivity contribution in [2.45, 2.75) is 19.3 Å². The molecule has 0 radical (unpaired) electrons. The quantitative estimate of drug-likeness (QED) is 0.841. The highest BCUT2D eigenvalue weighted by Crippen LogP contribution is 2.24. The van der Waals surface area contributed by atoms with E-state index in [9.17, 15) is 0 Å². The fourth-order valence-corrected chi connectivity index (χ4v) is 2.13. The van der Waals surface area contributed by atoms with E-state index in [0.717, 1.165) is 17.2 Å². The first kappa shape index (κ1) is 13.9. The molecule has 3 rings (SSSR count). The summed E-state index contributed by atoms with van der Waals surface area (Å²) in [6.07, 6.45) is -0.432. The molecular formula is C17H18O4. The molecule has 1 heterocycles. The minimum absolute atomic E-state index is 0.145. The van der Waals surface area contributed by atoms with Gasteiger partial charge in [-0.2, -0.15) is 0 Å². The van der Waals surface area contributed by atoms with Gasteiger partial charge in [-0.3, -0.25) is 0 Å². The summed E-state index contributed by atoms with van der Waals surface area (Å²) in [5.41, 5.74) is 0. The summed E-state index contributed by atoms with van der Waals surface area (Å²) in [5, 5.41) is 0. The molecular weight excluding hydrogens is 268 g/mol. The van der Waals surface area contributed by atoms with Crippen LogP contribution in [-0.2, 0) is 9.47 Å². The maximum atomic E-state index is 5.80. The van der Waals surface area contributed by atoms with Crippen LogP contribution in [-0.4, -0.2) is 25.6 Å². The Morgan fingerprint density at radius 2 is 1.43 bits per heavy atom. The monoisotopic (exact) mass is 286 g/mol. The zero-order valence-electron chi connectivity index (χ0n) is 11.9. The Morgan fingerprint density at radius 1 is 0.857 bits per heavy atom. The first-order valence-electron chi connectivity index (χ1n) is 7.04. The van der Waals surface area contributed by atoms with Crippen LogP contribution in [0, 0.1) is 0 Å². The van der Waals surface area contributed by atoms with Gasteiger partial charge in [-0.1, -0.05) is 18.2 Å². The van der Waals surface area contributed by atoms with Gasteiger partial charge in [0.1, 0.15) is 23.4 Å². The predicted octanol–water partition coefficient (Wildman–Crippen LogP) is 3.62. The Bertz CT molecular complexity index is 547. The van der Waals surface area contributed by atoms with Gasteiger partial charge in [0.2, 0.25) is 0 Å². The van der Waals surface area contributed by atoms with Crippen molar-refractivity contribution in [3.63, 3.8) is 0 Å². The minimum atomic E-state index is -0.287. The van der Waals surface area contributed by atoms with Gasteiger partial charge in [0, 0.05) is 0 Å². The summed E-state index contributed by atoms with van der Waals surface area (Å²) in [6.45, 7) is 3.19. The molecule has 1 aliphatic heterocycles. The summed E-state index contributed by atoms with van der Waals surface area (Å²) in [4.78, 5) is 0. The number of rotatable bonds is 5. The van der Waals surface area contributed by atoms with Gasteiger partial charge in [0.25, 0.3) is 0 Å². The molecule has 1 unspecified atom stereocenters. The predicted molar refractivity (Wildman–Crippen MR) is 78.7 cm³/mol. The maximum absolute atomic E-state index is 5.80. The van der Waals surface area contributed by atoms with Gasteiger partial charge in [-0.15, -0.1) is 0 Å². The Balaban J connectivity index is 1.58. The number of benzene rings is 2. The van der Waals surface area contributed by atoms with Gasteiger partial charge >= 0.3 is 0 Å². The molecule has 21 heavy (non-hydrogen) atoms. The van der Waals surface area contributed by atoms with E-state index in [2.05, 4.69) is 0 Å². The van der Waals surface area contributed by atoms with Gasteiger partial charge in [-0.25, -0.2) is 0 Å². The van der Waals surface area contributed by atoms with Crippen molar-refractivity contribution >= 4 is 0 Å². The van der Waals surface area contributed by atoms with E-state index in [1.165, 1.54) is 0 Å². The van der Waals surface area contributed by atoms with E-state index in [1.54, 1.807) is 0 Å². The van der Waals surface area contributed by atoms with Crippen LogP contribution in [0.1, 0.15) is 6.92 Å². The number of ether oxygens (including phenoxy) is 4. The van der Waals surface area contributed by atoms with Crippen molar-refractivity contribution in [1.82, 2.24) is 0 Å². The third-order valence-electron chi connectivity index (χ3n) is 3.16. The molecule has 110 valence electrons. The number of hydrogen-bond acceptors (Lipinski definition) is 4. The van der Waals surface area contributed by atoms with Crippen LogP contribution in [0.5, 0.6) is 17.2 Å². The normalized spacial score (nSPS) is 16.6. The second kappa shape index (κ2) is 6.61. The third kappa shape index (κ3) is 3.74. The summed E-state index contributed by atoms with van der Waals surface area (Å²) in [6, 6.07) is 17.2. The van der Waals surface area contributed by atoms with E-state index >= 15 is 0 Å². The van der Waals surface area contributed by atoms with Gasteiger partial charge in [0.05, 0.1) is 13.2 Å². The maximum Gasteiger partial charge on any atom is 0.194 e. The lowest BCUT2D eigenvalue weighted by Gasteiger charge is -2.19. The second-order valence-electron chi connectivity index (χ2n) is 4.82. The van der Waals surface area contributed by atoms with E-state index in [0.29, 0.717) is 13.2 Å². The SMILES string of the molecule is CC(Oc1ccc(Oc2ccccc2)cc1)C1OCCO1. The lowest BCUT2D eigenvalue weighted by atomic mass is 10.3. The van der Waals surface area contributed by atoms with Crippen LogP contribution in [0.3, 0.4) is 0 Å². The molecule has 1 saturated heterocycles. The molecule has 0 spiro atoms. The highest BCUT2D eigenvalue weighted by atomic mass is 16.7. The zero-order chi connectivity index (χ0) is 14.5.